The first-order valence-corrected chi connectivity index (χ1v) is 11.6. The molecule has 6 N–H and O–H groups in total. The predicted octanol–water partition coefficient (Wildman–Crippen LogP) is 1.15. The van der Waals surface area contributed by atoms with Crippen molar-refractivity contribution in [3.05, 3.63) is 0 Å². The summed E-state index contributed by atoms with van der Waals surface area (Å²) in [5, 5.41) is 55.0. The Labute approximate surface area is 193 Å². The zero-order chi connectivity index (χ0) is 25.4. The molecule has 11 unspecified atom stereocenters. The highest BCUT2D eigenvalue weighted by Crippen LogP contribution is 2.36. The molecule has 11 atom stereocenters. The van der Waals surface area contributed by atoms with Crippen LogP contribution in [0.25, 0.3) is 0 Å². The van der Waals surface area contributed by atoms with E-state index in [-0.39, 0.29) is 0 Å². The quantitative estimate of drug-likeness (QED) is 0.333. The average molecular weight is 469 g/mol. The summed E-state index contributed by atoms with van der Waals surface area (Å²) in [4.78, 5) is 0. The Morgan fingerprint density at radius 3 is 1.31 bits per heavy atom. The lowest BCUT2D eigenvalue weighted by Gasteiger charge is -2.41. The largest absolute Gasteiger partial charge is 0.388 e. The monoisotopic (exact) mass is 468 g/mol. The molecule has 9 heteroatoms. The molecule has 2 heterocycles. The highest BCUT2D eigenvalue weighted by Gasteiger charge is 2.43. The second kappa shape index (κ2) is 14.1. The lowest BCUT2D eigenvalue weighted by atomic mass is 10.00. The van der Waals surface area contributed by atoms with E-state index in [1.165, 1.54) is 12.8 Å². The van der Waals surface area contributed by atoms with Crippen molar-refractivity contribution in [1.82, 2.24) is 0 Å². The first-order valence-electron chi connectivity index (χ1n) is 11.6. The van der Waals surface area contributed by atoms with Gasteiger partial charge in [0.05, 0.1) is 17.8 Å². The number of ether oxygens (including phenoxy) is 3. The molecule has 0 spiro atoms. The van der Waals surface area contributed by atoms with Gasteiger partial charge in [-0.05, 0) is 52.9 Å². The minimum Gasteiger partial charge on any atom is -0.388 e. The van der Waals surface area contributed by atoms with E-state index in [2.05, 4.69) is 32.4 Å². The molecule has 0 bridgehead atoms. The molecular formula is C23H48O9. The SMILES string of the molecule is CC1CC1C.CC1OC(O)C(O)C1O.CC1OC(OC(C)(C)C)C(O)C(O)C1O.CCC. The van der Waals surface area contributed by atoms with Crippen molar-refractivity contribution in [2.45, 2.75) is 136 Å². The van der Waals surface area contributed by atoms with Gasteiger partial charge < -0.3 is 44.8 Å². The van der Waals surface area contributed by atoms with E-state index in [0.717, 1.165) is 11.8 Å². The lowest BCUT2D eigenvalue weighted by molar-refractivity contribution is -0.314. The molecule has 0 aromatic rings. The second-order valence-corrected chi connectivity index (χ2v) is 10.0. The van der Waals surface area contributed by atoms with E-state index in [1.54, 1.807) is 13.8 Å². The van der Waals surface area contributed by atoms with E-state index < -0.39 is 60.9 Å². The van der Waals surface area contributed by atoms with Gasteiger partial charge in [0.25, 0.3) is 0 Å². The molecule has 0 aromatic carbocycles. The molecule has 9 nitrogen and oxygen atoms in total. The zero-order valence-corrected chi connectivity index (χ0v) is 21.2. The van der Waals surface area contributed by atoms with Gasteiger partial charge in [0.15, 0.2) is 12.6 Å². The van der Waals surface area contributed by atoms with E-state index in [9.17, 15) is 15.3 Å². The Hall–Kier alpha value is -0.360. The van der Waals surface area contributed by atoms with Gasteiger partial charge in [-0.25, -0.2) is 0 Å². The summed E-state index contributed by atoms with van der Waals surface area (Å²) in [6.07, 6.45) is -6.10. The molecule has 3 aliphatic rings. The van der Waals surface area contributed by atoms with Crippen LogP contribution >= 0.6 is 0 Å². The van der Waals surface area contributed by atoms with Crippen LogP contribution in [0.2, 0.25) is 0 Å². The number of rotatable bonds is 1. The van der Waals surface area contributed by atoms with Crippen molar-refractivity contribution in [3.8, 4) is 0 Å². The highest BCUT2D eigenvalue weighted by molar-refractivity contribution is 4.88. The maximum atomic E-state index is 9.63. The van der Waals surface area contributed by atoms with Crippen molar-refractivity contribution in [2.24, 2.45) is 11.8 Å². The van der Waals surface area contributed by atoms with Gasteiger partial charge in [-0.3, -0.25) is 0 Å². The molecular weight excluding hydrogens is 420 g/mol. The molecule has 194 valence electrons. The Morgan fingerprint density at radius 1 is 0.688 bits per heavy atom. The van der Waals surface area contributed by atoms with Crippen LogP contribution in [-0.2, 0) is 14.2 Å². The molecule has 0 aromatic heterocycles. The molecule has 0 amide bonds. The Morgan fingerprint density at radius 2 is 1.06 bits per heavy atom. The van der Waals surface area contributed by atoms with Crippen LogP contribution < -0.4 is 0 Å². The first-order chi connectivity index (χ1) is 14.6. The zero-order valence-electron chi connectivity index (χ0n) is 21.2. The third-order valence-corrected chi connectivity index (χ3v) is 5.27. The Bertz CT molecular complexity index is 480. The van der Waals surface area contributed by atoms with E-state index >= 15 is 0 Å². The predicted molar refractivity (Wildman–Crippen MR) is 121 cm³/mol. The van der Waals surface area contributed by atoms with E-state index in [1.807, 2.05) is 20.8 Å². The van der Waals surface area contributed by atoms with Crippen molar-refractivity contribution >= 4 is 0 Å². The summed E-state index contributed by atoms with van der Waals surface area (Å²) < 4.78 is 15.4. The Balaban J connectivity index is 0.000000474. The molecule has 1 aliphatic carbocycles. The normalized spacial score (nSPS) is 43.0. The molecule has 32 heavy (non-hydrogen) atoms. The fourth-order valence-electron chi connectivity index (χ4n) is 2.79. The summed E-state index contributed by atoms with van der Waals surface area (Å²) in [6.45, 7) is 17.5. The van der Waals surface area contributed by atoms with Crippen LogP contribution in [0, 0.1) is 11.8 Å². The van der Waals surface area contributed by atoms with Crippen molar-refractivity contribution in [1.29, 1.82) is 0 Å². The van der Waals surface area contributed by atoms with Crippen LogP contribution in [0.3, 0.4) is 0 Å². The van der Waals surface area contributed by atoms with Crippen molar-refractivity contribution in [3.63, 3.8) is 0 Å². The fraction of sp³-hybridized carbons (Fsp3) is 1.00. The molecule has 2 saturated heterocycles. The third kappa shape index (κ3) is 11.2. The topological polar surface area (TPSA) is 149 Å². The second-order valence-electron chi connectivity index (χ2n) is 10.0. The van der Waals surface area contributed by atoms with Gasteiger partial charge in [-0.15, -0.1) is 0 Å². The summed E-state index contributed by atoms with van der Waals surface area (Å²) in [5.41, 5.74) is -0.479. The van der Waals surface area contributed by atoms with Crippen LogP contribution in [-0.4, -0.2) is 91.5 Å². The number of hydrogen-bond donors (Lipinski definition) is 6. The van der Waals surface area contributed by atoms with Crippen LogP contribution in [0.1, 0.15) is 75.2 Å². The summed E-state index contributed by atoms with van der Waals surface area (Å²) in [6, 6.07) is 0. The third-order valence-electron chi connectivity index (χ3n) is 5.27. The van der Waals surface area contributed by atoms with Gasteiger partial charge in [0.2, 0.25) is 0 Å². The van der Waals surface area contributed by atoms with Gasteiger partial charge in [-0.1, -0.05) is 34.1 Å². The molecule has 2 aliphatic heterocycles. The van der Waals surface area contributed by atoms with Gasteiger partial charge in [0.1, 0.15) is 30.5 Å². The smallest absolute Gasteiger partial charge is 0.187 e. The van der Waals surface area contributed by atoms with Crippen LogP contribution in [0.5, 0.6) is 0 Å². The number of aliphatic hydroxyl groups is 6. The molecule has 3 rings (SSSR count). The average Bonchev–Trinajstić information content (AvgIpc) is 3.29. The van der Waals surface area contributed by atoms with Gasteiger partial charge in [0, 0.05) is 0 Å². The fourth-order valence-corrected chi connectivity index (χ4v) is 2.79. The van der Waals surface area contributed by atoms with E-state index in [0.29, 0.717) is 0 Å². The standard InChI is InChI=1S/C10H20O5.C5H10O4.C5H10.C3H8/c1-5-6(11)7(12)8(13)9(14-5)15-10(2,3)4;1-2-3(6)4(7)5(8)9-2;1-4-3-5(4)2;1-3-2/h5-9,11-13H,1-4H3;2-8H,1H3;4-5H,3H2,1-2H3;3H2,1-2H3. The Kier molecular flexibility index (Phi) is 14.0. The lowest BCUT2D eigenvalue weighted by Crippen LogP contribution is -2.58. The first kappa shape index (κ1) is 31.6. The maximum Gasteiger partial charge on any atom is 0.187 e. The van der Waals surface area contributed by atoms with E-state index in [4.69, 9.17) is 24.8 Å². The summed E-state index contributed by atoms with van der Waals surface area (Å²) in [5.74, 6) is 2.10. The van der Waals surface area contributed by atoms with Crippen LogP contribution in [0.4, 0.5) is 0 Å². The number of aliphatic hydroxyl groups excluding tert-OH is 6. The molecule has 3 fully saturated rings. The van der Waals surface area contributed by atoms with Crippen molar-refractivity contribution < 1.29 is 44.8 Å². The minimum absolute atomic E-state index is 0.477. The van der Waals surface area contributed by atoms with Crippen molar-refractivity contribution in [2.75, 3.05) is 0 Å². The minimum atomic E-state index is -1.24. The van der Waals surface area contributed by atoms with Gasteiger partial charge >= 0.3 is 0 Å². The molecule has 1 saturated carbocycles. The maximum absolute atomic E-state index is 9.63. The summed E-state index contributed by atoms with van der Waals surface area (Å²) in [7, 11) is 0. The number of hydrogen-bond acceptors (Lipinski definition) is 9. The van der Waals surface area contributed by atoms with Crippen LogP contribution in [0.15, 0.2) is 0 Å². The molecule has 0 radical (unpaired) electrons. The summed E-state index contributed by atoms with van der Waals surface area (Å²) >= 11 is 0. The van der Waals surface area contributed by atoms with Gasteiger partial charge in [-0.2, -0.15) is 0 Å². The highest BCUT2D eigenvalue weighted by atomic mass is 16.7.